The summed E-state index contributed by atoms with van der Waals surface area (Å²) in [5, 5.41) is 25.3. The number of carbonyl (C=O) groups excluding carboxylic acids is 1. The molecule has 0 saturated heterocycles. The molecule has 0 atom stereocenters. The van der Waals surface area contributed by atoms with Gasteiger partial charge in [-0.2, -0.15) is 0 Å². The lowest BCUT2D eigenvalue weighted by Crippen LogP contribution is -2.22. The summed E-state index contributed by atoms with van der Waals surface area (Å²) in [5.41, 5.74) is 2.54. The number of nitro benzene ring substituents is 1. The summed E-state index contributed by atoms with van der Waals surface area (Å²) in [6.45, 7) is 0.691. The number of aromatic carboxylic acids is 1. The number of ether oxygens (including phenoxy) is 1. The van der Waals surface area contributed by atoms with Gasteiger partial charge in [0.1, 0.15) is 0 Å². The van der Waals surface area contributed by atoms with Crippen LogP contribution in [-0.2, 0) is 6.54 Å². The Balaban J connectivity index is 1.86. The highest BCUT2D eigenvalue weighted by Gasteiger charge is 2.26. The molecule has 0 aliphatic heterocycles. The third-order valence-electron chi connectivity index (χ3n) is 7.03. The van der Waals surface area contributed by atoms with Crippen LogP contribution in [0.5, 0.6) is 5.75 Å². The summed E-state index contributed by atoms with van der Waals surface area (Å²) in [6, 6.07) is 13.0. The number of aromatic nitrogens is 1. The van der Waals surface area contributed by atoms with Crippen LogP contribution in [0.25, 0.3) is 32.9 Å². The van der Waals surface area contributed by atoms with Gasteiger partial charge in [0.25, 0.3) is 5.69 Å². The van der Waals surface area contributed by atoms with Gasteiger partial charge < -0.3 is 19.2 Å². The maximum absolute atomic E-state index is 12.4. The first-order chi connectivity index (χ1) is 16.9. The van der Waals surface area contributed by atoms with Gasteiger partial charge in [-0.1, -0.05) is 43.0 Å². The molecular formula is C27H24ClN2O5-. The molecule has 4 aromatic rings. The highest BCUT2D eigenvalue weighted by atomic mass is 35.5. The van der Waals surface area contributed by atoms with Crippen LogP contribution in [0.3, 0.4) is 0 Å². The molecule has 8 heteroatoms. The first-order valence-electron chi connectivity index (χ1n) is 11.7. The van der Waals surface area contributed by atoms with Gasteiger partial charge in [-0.3, -0.25) is 10.1 Å². The number of methoxy groups -OCH3 is 1. The Hall–Kier alpha value is -3.58. The number of fused-ring (bicyclic) bond motifs is 3. The van der Waals surface area contributed by atoms with Crippen molar-refractivity contribution in [2.24, 2.45) is 5.92 Å². The first-order valence-corrected chi connectivity index (χ1v) is 12.1. The van der Waals surface area contributed by atoms with Crippen molar-refractivity contribution in [1.82, 2.24) is 4.57 Å². The maximum Gasteiger partial charge on any atom is 0.269 e. The van der Waals surface area contributed by atoms with E-state index in [4.69, 9.17) is 16.3 Å². The molecule has 1 saturated carbocycles. The number of rotatable bonds is 6. The monoisotopic (exact) mass is 491 g/mol. The van der Waals surface area contributed by atoms with Crippen LogP contribution in [0.4, 0.5) is 5.69 Å². The Labute approximate surface area is 207 Å². The van der Waals surface area contributed by atoms with Crippen molar-refractivity contribution in [1.29, 1.82) is 0 Å². The van der Waals surface area contributed by atoms with E-state index in [0.29, 0.717) is 45.3 Å². The van der Waals surface area contributed by atoms with E-state index in [0.717, 1.165) is 23.7 Å². The molecule has 0 bridgehead atoms. The number of benzene rings is 3. The van der Waals surface area contributed by atoms with Gasteiger partial charge in [0, 0.05) is 40.6 Å². The molecule has 0 amide bonds. The van der Waals surface area contributed by atoms with Crippen LogP contribution in [-0.4, -0.2) is 22.6 Å². The van der Waals surface area contributed by atoms with Gasteiger partial charge >= 0.3 is 0 Å². The van der Waals surface area contributed by atoms with Crippen LogP contribution in [0.15, 0.2) is 48.5 Å². The minimum absolute atomic E-state index is 0.0313. The van der Waals surface area contributed by atoms with Crippen LogP contribution in [0.1, 0.15) is 42.5 Å². The van der Waals surface area contributed by atoms with Gasteiger partial charge in [0.05, 0.1) is 34.1 Å². The standard InChI is InChI=1S/C27H25ClN2O5/c1-35-26-20(17-10-12-18(13-11-17)30(33)34)14-21(27(31)32)23-19-8-5-9-22(28)24(19)29(25(23)26)15-16-6-3-2-4-7-16/h5,8-14,16H,2-4,6-7,15H2,1H3,(H,31,32)/p-1. The Kier molecular flexibility index (Phi) is 6.11. The van der Waals surface area contributed by atoms with Crippen molar-refractivity contribution in [2.75, 3.05) is 7.11 Å². The lowest BCUT2D eigenvalue weighted by molar-refractivity contribution is -0.384. The molecule has 3 aromatic carbocycles. The molecule has 5 rings (SSSR count). The molecule has 1 aliphatic carbocycles. The van der Waals surface area contributed by atoms with Crippen molar-refractivity contribution in [2.45, 2.75) is 38.6 Å². The predicted octanol–water partition coefficient (Wildman–Crippen LogP) is 5.98. The largest absolute Gasteiger partial charge is 0.545 e. The van der Waals surface area contributed by atoms with E-state index >= 15 is 0 Å². The Morgan fingerprint density at radius 1 is 1.11 bits per heavy atom. The third kappa shape index (κ3) is 4.00. The van der Waals surface area contributed by atoms with Crippen molar-refractivity contribution in [3.05, 3.63) is 69.2 Å². The van der Waals surface area contributed by atoms with Crippen molar-refractivity contribution in [3.63, 3.8) is 0 Å². The molecule has 1 aliphatic rings. The highest BCUT2D eigenvalue weighted by Crippen LogP contribution is 2.45. The lowest BCUT2D eigenvalue weighted by Gasteiger charge is -2.24. The SMILES string of the molecule is COc1c(-c2ccc([N+](=O)[O-])cc2)cc(C(=O)[O-])c2c3cccc(Cl)c3n(CC3CCCCC3)c12. The minimum atomic E-state index is -1.31. The number of hydrogen-bond acceptors (Lipinski definition) is 5. The topological polar surface area (TPSA) is 97.4 Å². The number of nitrogens with zero attached hydrogens (tertiary/aromatic N) is 2. The van der Waals surface area contributed by atoms with Crippen LogP contribution < -0.4 is 9.84 Å². The second kappa shape index (κ2) is 9.23. The van der Waals surface area contributed by atoms with Gasteiger partial charge in [-0.05, 0) is 48.6 Å². The molecule has 180 valence electrons. The summed E-state index contributed by atoms with van der Waals surface area (Å²) in [5.74, 6) is -0.364. The average Bonchev–Trinajstić information content (AvgIpc) is 3.19. The lowest BCUT2D eigenvalue weighted by atomic mass is 9.89. The van der Waals surface area contributed by atoms with E-state index in [1.807, 2.05) is 18.2 Å². The van der Waals surface area contributed by atoms with Crippen LogP contribution in [0, 0.1) is 16.0 Å². The van der Waals surface area contributed by atoms with Gasteiger partial charge in [-0.15, -0.1) is 0 Å². The molecule has 0 unspecified atom stereocenters. The fourth-order valence-electron chi connectivity index (χ4n) is 5.44. The zero-order valence-electron chi connectivity index (χ0n) is 19.3. The number of carbonyl (C=O) groups is 1. The van der Waals surface area contributed by atoms with Crippen molar-refractivity contribution >= 4 is 45.1 Å². The number of non-ortho nitro benzene ring substituents is 1. The first kappa shape index (κ1) is 23.2. The van der Waals surface area contributed by atoms with E-state index in [-0.39, 0.29) is 11.3 Å². The highest BCUT2D eigenvalue weighted by molar-refractivity contribution is 6.37. The normalized spacial score (nSPS) is 14.5. The van der Waals surface area contributed by atoms with Crippen LogP contribution >= 0.6 is 11.6 Å². The molecule has 0 N–H and O–H groups in total. The van der Waals surface area contributed by atoms with Crippen molar-refractivity contribution in [3.8, 4) is 16.9 Å². The van der Waals surface area contributed by atoms with E-state index < -0.39 is 10.9 Å². The minimum Gasteiger partial charge on any atom is -0.545 e. The number of halogens is 1. The molecule has 1 fully saturated rings. The maximum atomic E-state index is 12.4. The fraction of sp³-hybridized carbons (Fsp3) is 0.296. The van der Waals surface area contributed by atoms with Crippen LogP contribution in [0.2, 0.25) is 5.02 Å². The molecule has 1 heterocycles. The number of nitro groups is 1. The quantitative estimate of drug-likeness (QED) is 0.244. The number of para-hydroxylation sites is 1. The van der Waals surface area contributed by atoms with Gasteiger partial charge in [-0.25, -0.2) is 0 Å². The third-order valence-corrected chi connectivity index (χ3v) is 7.33. The van der Waals surface area contributed by atoms with E-state index in [1.54, 1.807) is 19.2 Å². The zero-order valence-corrected chi connectivity index (χ0v) is 20.0. The molecule has 35 heavy (non-hydrogen) atoms. The Bertz CT molecular complexity index is 1450. The van der Waals surface area contributed by atoms with E-state index in [9.17, 15) is 20.0 Å². The second-order valence-corrected chi connectivity index (χ2v) is 9.48. The number of carboxylic acids is 1. The second-order valence-electron chi connectivity index (χ2n) is 9.07. The summed E-state index contributed by atoms with van der Waals surface area (Å²) in [4.78, 5) is 23.0. The summed E-state index contributed by atoms with van der Waals surface area (Å²) in [6.07, 6.45) is 5.77. The molecule has 0 radical (unpaired) electrons. The van der Waals surface area contributed by atoms with Gasteiger partial charge in [0.15, 0.2) is 5.75 Å². The van der Waals surface area contributed by atoms with Gasteiger partial charge in [0.2, 0.25) is 0 Å². The fourth-order valence-corrected chi connectivity index (χ4v) is 5.72. The number of carboxylic acid groups (broad SMARTS) is 1. The molecule has 1 aromatic heterocycles. The van der Waals surface area contributed by atoms with E-state index in [2.05, 4.69) is 4.57 Å². The molecule has 7 nitrogen and oxygen atoms in total. The average molecular weight is 492 g/mol. The zero-order chi connectivity index (χ0) is 24.7. The molecule has 0 spiro atoms. The van der Waals surface area contributed by atoms with Crippen molar-refractivity contribution < 1.29 is 19.6 Å². The predicted molar refractivity (Wildman–Crippen MR) is 134 cm³/mol. The molecular weight excluding hydrogens is 468 g/mol. The Morgan fingerprint density at radius 2 is 1.83 bits per heavy atom. The smallest absolute Gasteiger partial charge is 0.269 e. The summed E-state index contributed by atoms with van der Waals surface area (Å²) < 4.78 is 8.01. The van der Waals surface area contributed by atoms with E-state index in [1.165, 1.54) is 37.5 Å². The Morgan fingerprint density at radius 3 is 2.46 bits per heavy atom. The number of hydrogen-bond donors (Lipinski definition) is 0. The summed E-state index contributed by atoms with van der Waals surface area (Å²) in [7, 11) is 1.55. The summed E-state index contributed by atoms with van der Waals surface area (Å²) >= 11 is 6.69.